The van der Waals surface area contributed by atoms with Gasteiger partial charge in [-0.05, 0) is 38.1 Å². The standard InChI is InChI=1S/C16H21NO4S2/c1-4-5-10-21-15-6-8-16(9-7-15)23(19,20)12-17-13(2)11-22-14(3)18/h6-9,13,17H,10-12H2,1-3H3. The van der Waals surface area contributed by atoms with Gasteiger partial charge in [0.1, 0.15) is 18.2 Å². The van der Waals surface area contributed by atoms with Gasteiger partial charge >= 0.3 is 0 Å². The lowest BCUT2D eigenvalue weighted by Crippen LogP contribution is -2.33. The Morgan fingerprint density at radius 1 is 1.35 bits per heavy atom. The summed E-state index contributed by atoms with van der Waals surface area (Å²) in [5, 5.41) is 2.94. The third-order valence-electron chi connectivity index (χ3n) is 2.83. The molecule has 0 aliphatic rings. The molecule has 0 aliphatic heterocycles. The van der Waals surface area contributed by atoms with E-state index in [1.807, 2.05) is 6.92 Å². The molecule has 1 rings (SSSR count). The number of hydrogen-bond donors (Lipinski definition) is 1. The fourth-order valence-corrected chi connectivity index (χ4v) is 3.40. The molecule has 126 valence electrons. The third-order valence-corrected chi connectivity index (χ3v) is 5.44. The maximum atomic E-state index is 12.2. The Morgan fingerprint density at radius 3 is 2.57 bits per heavy atom. The van der Waals surface area contributed by atoms with Crippen LogP contribution in [0.2, 0.25) is 0 Å². The fourth-order valence-electron chi connectivity index (χ4n) is 1.57. The predicted octanol–water partition coefficient (Wildman–Crippen LogP) is 2.08. The Labute approximate surface area is 142 Å². The van der Waals surface area contributed by atoms with Crippen molar-refractivity contribution >= 4 is 26.7 Å². The number of carbonyl (C=O) groups excluding carboxylic acids is 1. The second-order valence-electron chi connectivity index (χ2n) is 4.85. The number of ether oxygens (including phenoxy) is 1. The highest BCUT2D eigenvalue weighted by Gasteiger charge is 2.16. The van der Waals surface area contributed by atoms with E-state index in [1.54, 1.807) is 19.1 Å². The lowest BCUT2D eigenvalue weighted by Gasteiger charge is -2.13. The third kappa shape index (κ3) is 7.55. The van der Waals surface area contributed by atoms with Crippen LogP contribution in [0.25, 0.3) is 0 Å². The lowest BCUT2D eigenvalue weighted by molar-refractivity contribution is -0.109. The van der Waals surface area contributed by atoms with Gasteiger partial charge < -0.3 is 10.1 Å². The molecule has 1 N–H and O–H groups in total. The molecular formula is C16H21NO4S2. The van der Waals surface area contributed by atoms with Gasteiger partial charge in [-0.1, -0.05) is 17.7 Å². The zero-order valence-electron chi connectivity index (χ0n) is 13.5. The van der Waals surface area contributed by atoms with Crippen LogP contribution in [0.5, 0.6) is 5.75 Å². The van der Waals surface area contributed by atoms with Crippen LogP contribution in [-0.4, -0.2) is 37.8 Å². The molecule has 0 fully saturated rings. The van der Waals surface area contributed by atoms with E-state index in [0.29, 0.717) is 11.5 Å². The normalized spacial score (nSPS) is 12.1. The number of hydrogen-bond acceptors (Lipinski definition) is 6. The average molecular weight is 355 g/mol. The minimum Gasteiger partial charge on any atom is -0.481 e. The number of nitrogens with one attached hydrogen (secondary N) is 1. The van der Waals surface area contributed by atoms with Crippen LogP contribution in [0.3, 0.4) is 0 Å². The van der Waals surface area contributed by atoms with Gasteiger partial charge in [0.15, 0.2) is 15.0 Å². The number of thioether (sulfide) groups is 1. The zero-order valence-corrected chi connectivity index (χ0v) is 15.1. The summed E-state index contributed by atoms with van der Waals surface area (Å²) in [6.45, 7) is 5.33. The number of carbonyl (C=O) groups is 1. The Morgan fingerprint density at radius 2 is 2.00 bits per heavy atom. The summed E-state index contributed by atoms with van der Waals surface area (Å²) in [5.74, 6) is 6.42. The van der Waals surface area contributed by atoms with Crippen LogP contribution in [0, 0.1) is 11.8 Å². The van der Waals surface area contributed by atoms with Crippen LogP contribution in [0.4, 0.5) is 0 Å². The fraction of sp³-hybridized carbons (Fsp3) is 0.438. The molecule has 0 spiro atoms. The maximum Gasteiger partial charge on any atom is 0.191 e. The van der Waals surface area contributed by atoms with Crippen molar-refractivity contribution < 1.29 is 17.9 Å². The Balaban J connectivity index is 2.58. The molecule has 0 aromatic heterocycles. The maximum absolute atomic E-state index is 12.2. The predicted molar refractivity (Wildman–Crippen MR) is 93.2 cm³/mol. The molecule has 7 heteroatoms. The second kappa shape index (κ2) is 9.60. The van der Waals surface area contributed by atoms with Crippen LogP contribution in [0.1, 0.15) is 20.8 Å². The molecule has 0 saturated heterocycles. The summed E-state index contributed by atoms with van der Waals surface area (Å²) in [6, 6.07) is 6.17. The van der Waals surface area contributed by atoms with Gasteiger partial charge in [-0.2, -0.15) is 0 Å². The van der Waals surface area contributed by atoms with Crippen molar-refractivity contribution in [1.29, 1.82) is 0 Å². The number of sulfone groups is 1. The SMILES string of the molecule is CC#CCOc1ccc(S(=O)(=O)CNC(C)CSC(C)=O)cc1. The highest BCUT2D eigenvalue weighted by Crippen LogP contribution is 2.17. The molecule has 0 saturated carbocycles. The van der Waals surface area contributed by atoms with Crippen molar-refractivity contribution in [2.75, 3.05) is 18.2 Å². The molecule has 5 nitrogen and oxygen atoms in total. The first kappa shape index (κ1) is 19.6. The molecule has 1 aromatic carbocycles. The first-order valence-corrected chi connectivity index (χ1v) is 9.71. The van der Waals surface area contributed by atoms with Crippen LogP contribution < -0.4 is 10.1 Å². The van der Waals surface area contributed by atoms with E-state index >= 15 is 0 Å². The zero-order chi connectivity index (χ0) is 17.3. The summed E-state index contributed by atoms with van der Waals surface area (Å²) in [5.41, 5.74) is 0. The van der Waals surface area contributed by atoms with Crippen LogP contribution in [-0.2, 0) is 14.6 Å². The topological polar surface area (TPSA) is 72.5 Å². The Hall–Kier alpha value is -1.49. The second-order valence-corrected chi connectivity index (χ2v) is 8.04. The van der Waals surface area contributed by atoms with E-state index in [1.165, 1.54) is 30.8 Å². The van der Waals surface area contributed by atoms with Gasteiger partial charge in [0.05, 0.1) is 4.90 Å². The summed E-state index contributed by atoms with van der Waals surface area (Å²) in [6.07, 6.45) is 0. The van der Waals surface area contributed by atoms with Crippen molar-refractivity contribution in [2.24, 2.45) is 0 Å². The largest absolute Gasteiger partial charge is 0.481 e. The molecule has 0 aliphatic carbocycles. The molecule has 1 aromatic rings. The van der Waals surface area contributed by atoms with Crippen molar-refractivity contribution in [2.45, 2.75) is 31.7 Å². The van der Waals surface area contributed by atoms with Crippen molar-refractivity contribution in [3.8, 4) is 17.6 Å². The lowest BCUT2D eigenvalue weighted by atomic mass is 10.3. The van der Waals surface area contributed by atoms with E-state index in [-0.39, 0.29) is 28.5 Å². The van der Waals surface area contributed by atoms with E-state index < -0.39 is 9.84 Å². The molecule has 0 amide bonds. The molecule has 0 radical (unpaired) electrons. The molecule has 1 unspecified atom stereocenters. The van der Waals surface area contributed by atoms with Crippen molar-refractivity contribution in [3.63, 3.8) is 0 Å². The van der Waals surface area contributed by atoms with Gasteiger partial charge in [-0.25, -0.2) is 8.42 Å². The molecule has 1 atom stereocenters. The first-order valence-electron chi connectivity index (χ1n) is 7.07. The summed E-state index contributed by atoms with van der Waals surface area (Å²) >= 11 is 1.17. The Bertz CT molecular complexity index is 672. The summed E-state index contributed by atoms with van der Waals surface area (Å²) in [7, 11) is -3.42. The molecule has 23 heavy (non-hydrogen) atoms. The van der Waals surface area contributed by atoms with Gasteiger partial charge in [0, 0.05) is 18.7 Å². The van der Waals surface area contributed by atoms with Gasteiger partial charge in [0.2, 0.25) is 0 Å². The quantitative estimate of drug-likeness (QED) is 0.720. The van der Waals surface area contributed by atoms with Gasteiger partial charge in [0.25, 0.3) is 0 Å². The molecular weight excluding hydrogens is 334 g/mol. The number of benzene rings is 1. The van der Waals surface area contributed by atoms with E-state index in [4.69, 9.17) is 4.74 Å². The monoisotopic (exact) mass is 355 g/mol. The number of rotatable bonds is 8. The van der Waals surface area contributed by atoms with Gasteiger partial charge in [-0.15, -0.1) is 5.92 Å². The van der Waals surface area contributed by atoms with E-state index in [2.05, 4.69) is 17.2 Å². The van der Waals surface area contributed by atoms with Crippen molar-refractivity contribution in [3.05, 3.63) is 24.3 Å². The average Bonchev–Trinajstić information content (AvgIpc) is 2.52. The molecule has 0 bridgehead atoms. The van der Waals surface area contributed by atoms with Crippen LogP contribution in [0.15, 0.2) is 29.2 Å². The highest BCUT2D eigenvalue weighted by molar-refractivity contribution is 8.13. The minimum atomic E-state index is -3.42. The Kier molecular flexibility index (Phi) is 8.17. The van der Waals surface area contributed by atoms with E-state index in [9.17, 15) is 13.2 Å². The van der Waals surface area contributed by atoms with Gasteiger partial charge in [-0.3, -0.25) is 4.79 Å². The minimum absolute atomic E-state index is 0.0184. The first-order chi connectivity index (χ1) is 10.8. The van der Waals surface area contributed by atoms with Crippen molar-refractivity contribution in [1.82, 2.24) is 5.32 Å². The van der Waals surface area contributed by atoms with E-state index in [0.717, 1.165) is 0 Å². The smallest absolute Gasteiger partial charge is 0.191 e. The summed E-state index contributed by atoms with van der Waals surface area (Å²) in [4.78, 5) is 11.1. The van der Waals surface area contributed by atoms with Crippen LogP contribution >= 0.6 is 11.8 Å². The summed E-state index contributed by atoms with van der Waals surface area (Å²) < 4.78 is 29.8. The highest BCUT2D eigenvalue weighted by atomic mass is 32.2. The molecule has 0 heterocycles.